The molecular formula is C21H20N2O. The van der Waals surface area contributed by atoms with Gasteiger partial charge in [-0.25, -0.2) is 0 Å². The molecule has 0 bridgehead atoms. The topological polar surface area (TPSA) is 41.5 Å². The number of rotatable bonds is 4. The van der Waals surface area contributed by atoms with Crippen LogP contribution in [0.15, 0.2) is 71.4 Å². The number of hydrogen-bond acceptors (Lipinski definition) is 3. The predicted octanol–water partition coefficient (Wildman–Crippen LogP) is 3.94. The van der Waals surface area contributed by atoms with E-state index in [2.05, 4.69) is 40.6 Å². The van der Waals surface area contributed by atoms with Crippen molar-refractivity contribution in [1.82, 2.24) is 5.32 Å². The van der Waals surface area contributed by atoms with Crippen LogP contribution in [0.25, 0.3) is 0 Å². The number of ketones is 1. The Morgan fingerprint density at radius 1 is 1.00 bits per heavy atom. The van der Waals surface area contributed by atoms with E-state index in [4.69, 9.17) is 0 Å². The summed E-state index contributed by atoms with van der Waals surface area (Å²) in [7, 11) is 0. The highest BCUT2D eigenvalue weighted by atomic mass is 16.1. The summed E-state index contributed by atoms with van der Waals surface area (Å²) in [6, 6.07) is 18.6. The lowest BCUT2D eigenvalue weighted by Gasteiger charge is -2.23. The molecule has 120 valence electrons. The fourth-order valence-electron chi connectivity index (χ4n) is 3.49. The summed E-state index contributed by atoms with van der Waals surface area (Å²) in [6.45, 7) is 0.704. The molecule has 3 heteroatoms. The number of allylic oxidation sites excluding steroid dienone is 2. The zero-order valence-electron chi connectivity index (χ0n) is 13.5. The molecule has 2 aromatic rings. The van der Waals surface area contributed by atoms with Gasteiger partial charge in [0.2, 0.25) is 0 Å². The van der Waals surface area contributed by atoms with Gasteiger partial charge in [-0.2, -0.15) is 0 Å². The van der Waals surface area contributed by atoms with Gasteiger partial charge >= 0.3 is 0 Å². The third-order valence-corrected chi connectivity index (χ3v) is 4.70. The van der Waals surface area contributed by atoms with Gasteiger partial charge in [0.25, 0.3) is 0 Å². The Balaban J connectivity index is 1.41. The van der Waals surface area contributed by atoms with E-state index in [0.717, 1.165) is 29.9 Å². The maximum atomic E-state index is 12.1. The molecule has 0 spiro atoms. The van der Waals surface area contributed by atoms with Gasteiger partial charge in [0.15, 0.2) is 5.78 Å². The number of fused-ring (bicyclic) bond motifs is 1. The molecule has 1 heterocycles. The molecule has 0 fully saturated rings. The van der Waals surface area contributed by atoms with Crippen LogP contribution in [0, 0.1) is 0 Å². The van der Waals surface area contributed by atoms with Crippen molar-refractivity contribution in [3.8, 4) is 0 Å². The summed E-state index contributed by atoms with van der Waals surface area (Å²) in [6.07, 6.45) is 4.15. The van der Waals surface area contributed by atoms with E-state index >= 15 is 0 Å². The molecule has 1 aliphatic carbocycles. The van der Waals surface area contributed by atoms with Crippen molar-refractivity contribution < 1.29 is 4.79 Å². The highest BCUT2D eigenvalue weighted by Gasteiger charge is 2.22. The smallest absolute Gasteiger partial charge is 0.158 e. The first-order valence-corrected chi connectivity index (χ1v) is 8.44. The van der Waals surface area contributed by atoms with Gasteiger partial charge in [0.05, 0.1) is 12.2 Å². The van der Waals surface area contributed by atoms with E-state index in [-0.39, 0.29) is 11.7 Å². The number of hydrogen-bond donors (Lipinski definition) is 1. The van der Waals surface area contributed by atoms with Crippen molar-refractivity contribution in [3.05, 3.63) is 77.5 Å². The highest BCUT2D eigenvalue weighted by Crippen LogP contribution is 2.30. The van der Waals surface area contributed by atoms with Gasteiger partial charge in [-0.3, -0.25) is 9.79 Å². The molecule has 3 nitrogen and oxygen atoms in total. The van der Waals surface area contributed by atoms with Crippen LogP contribution in [-0.2, 0) is 11.2 Å². The number of nitrogens with zero attached hydrogens (tertiary/aromatic N) is 1. The normalized spacial score (nSPS) is 19.5. The number of carbonyl (C=O) groups is 1. The van der Waals surface area contributed by atoms with E-state index in [1.165, 1.54) is 11.1 Å². The van der Waals surface area contributed by atoms with Crippen LogP contribution in [0.5, 0.6) is 0 Å². The largest absolute Gasteiger partial charge is 0.383 e. The summed E-state index contributed by atoms with van der Waals surface area (Å²) in [5.41, 5.74) is 5.75. The Kier molecular flexibility index (Phi) is 3.99. The first-order valence-electron chi connectivity index (χ1n) is 8.44. The van der Waals surface area contributed by atoms with E-state index in [9.17, 15) is 4.79 Å². The van der Waals surface area contributed by atoms with Crippen LogP contribution in [0.4, 0.5) is 5.69 Å². The van der Waals surface area contributed by atoms with Crippen molar-refractivity contribution in [3.63, 3.8) is 0 Å². The molecule has 0 amide bonds. The molecule has 0 saturated heterocycles. The third-order valence-electron chi connectivity index (χ3n) is 4.70. The molecule has 0 saturated carbocycles. The molecular weight excluding hydrogens is 296 g/mol. The molecule has 2 aliphatic rings. The standard InChI is InChI=1S/C21H20N2O/c24-20-12-17(15-6-2-1-3-7-15)11-18(13-20)22-14-19-10-16-8-4-5-9-21(16)23-19/h1-9,13,17,22H,10-12,14H2. The van der Waals surface area contributed by atoms with Gasteiger partial charge in [0, 0.05) is 30.3 Å². The average Bonchev–Trinajstić information content (AvgIpc) is 3.03. The van der Waals surface area contributed by atoms with E-state index in [0.29, 0.717) is 13.0 Å². The van der Waals surface area contributed by atoms with Gasteiger partial charge in [0.1, 0.15) is 0 Å². The molecule has 0 radical (unpaired) electrons. The summed E-state index contributed by atoms with van der Waals surface area (Å²) >= 11 is 0. The van der Waals surface area contributed by atoms with Crippen LogP contribution in [0.1, 0.15) is 29.9 Å². The minimum absolute atomic E-state index is 0.203. The fourth-order valence-corrected chi connectivity index (χ4v) is 3.49. The predicted molar refractivity (Wildman–Crippen MR) is 96.8 cm³/mol. The minimum Gasteiger partial charge on any atom is -0.383 e. The Bertz CT molecular complexity index is 821. The highest BCUT2D eigenvalue weighted by molar-refractivity contribution is 5.96. The van der Waals surface area contributed by atoms with E-state index < -0.39 is 0 Å². The second kappa shape index (κ2) is 6.44. The van der Waals surface area contributed by atoms with Crippen molar-refractivity contribution in [1.29, 1.82) is 0 Å². The van der Waals surface area contributed by atoms with Crippen molar-refractivity contribution in [2.75, 3.05) is 6.54 Å². The maximum absolute atomic E-state index is 12.1. The number of carbonyl (C=O) groups excluding carboxylic acids is 1. The Hall–Kier alpha value is -2.68. The maximum Gasteiger partial charge on any atom is 0.158 e. The second-order valence-corrected chi connectivity index (χ2v) is 6.49. The number of benzene rings is 2. The SMILES string of the molecule is O=C1C=C(NCC2=Nc3ccccc3C2)CC(c2ccccc2)C1. The molecule has 24 heavy (non-hydrogen) atoms. The summed E-state index contributed by atoms with van der Waals surface area (Å²) in [4.78, 5) is 16.8. The number of nitrogens with one attached hydrogen (secondary N) is 1. The molecule has 2 aromatic carbocycles. The van der Waals surface area contributed by atoms with Crippen LogP contribution in [0.2, 0.25) is 0 Å². The molecule has 1 N–H and O–H groups in total. The lowest BCUT2D eigenvalue weighted by Crippen LogP contribution is -2.27. The van der Waals surface area contributed by atoms with Gasteiger partial charge in [-0.05, 0) is 29.5 Å². The minimum atomic E-state index is 0.203. The molecule has 0 aromatic heterocycles. The van der Waals surface area contributed by atoms with Gasteiger partial charge in [-0.15, -0.1) is 0 Å². The zero-order valence-corrected chi connectivity index (χ0v) is 13.5. The van der Waals surface area contributed by atoms with Crippen LogP contribution in [0.3, 0.4) is 0 Å². The van der Waals surface area contributed by atoms with Crippen molar-refractivity contribution >= 4 is 17.2 Å². The molecule has 1 atom stereocenters. The van der Waals surface area contributed by atoms with Crippen LogP contribution >= 0.6 is 0 Å². The van der Waals surface area contributed by atoms with E-state index in [1.807, 2.05) is 24.3 Å². The third kappa shape index (κ3) is 3.16. The van der Waals surface area contributed by atoms with E-state index in [1.54, 1.807) is 6.08 Å². The lowest BCUT2D eigenvalue weighted by molar-refractivity contribution is -0.115. The first kappa shape index (κ1) is 14.9. The van der Waals surface area contributed by atoms with Gasteiger partial charge in [-0.1, -0.05) is 48.5 Å². The Morgan fingerprint density at radius 3 is 2.62 bits per heavy atom. The Labute approximate surface area is 142 Å². The summed E-state index contributed by atoms with van der Waals surface area (Å²) < 4.78 is 0. The summed E-state index contributed by atoms with van der Waals surface area (Å²) in [5.74, 6) is 0.475. The summed E-state index contributed by atoms with van der Waals surface area (Å²) in [5, 5.41) is 3.44. The first-order chi connectivity index (χ1) is 11.8. The quantitative estimate of drug-likeness (QED) is 0.928. The van der Waals surface area contributed by atoms with Crippen molar-refractivity contribution in [2.24, 2.45) is 4.99 Å². The second-order valence-electron chi connectivity index (χ2n) is 6.49. The number of para-hydroxylation sites is 1. The Morgan fingerprint density at radius 2 is 1.79 bits per heavy atom. The van der Waals surface area contributed by atoms with Crippen molar-refractivity contribution in [2.45, 2.75) is 25.2 Å². The van der Waals surface area contributed by atoms with Gasteiger partial charge < -0.3 is 5.32 Å². The van der Waals surface area contributed by atoms with Crippen LogP contribution < -0.4 is 5.32 Å². The lowest BCUT2D eigenvalue weighted by atomic mass is 9.85. The fraction of sp³-hybridized carbons (Fsp3) is 0.238. The monoisotopic (exact) mass is 316 g/mol. The number of aliphatic imine (C=N–C) groups is 1. The van der Waals surface area contributed by atoms with Crippen LogP contribution in [-0.4, -0.2) is 18.0 Å². The average molecular weight is 316 g/mol. The molecule has 1 aliphatic heterocycles. The molecule has 4 rings (SSSR count). The molecule has 1 unspecified atom stereocenters. The zero-order chi connectivity index (χ0) is 16.4.